The number of likely N-dealkylation sites (tertiary alicyclic amines) is 1. The Morgan fingerprint density at radius 3 is 2.56 bits per heavy atom. The van der Waals surface area contributed by atoms with Gasteiger partial charge in [-0.1, -0.05) is 35.9 Å². The molecule has 0 amide bonds. The Bertz CT molecular complexity index is 1230. The Labute approximate surface area is 215 Å². The molecule has 188 valence electrons. The number of benzene rings is 2. The van der Waals surface area contributed by atoms with Crippen LogP contribution in [0, 0.1) is 32.6 Å². The third kappa shape index (κ3) is 4.97. The van der Waals surface area contributed by atoms with Gasteiger partial charge in [0, 0.05) is 42.5 Å². The first-order valence-corrected chi connectivity index (χ1v) is 13.5. The number of carbonyl (C=O) groups excluding carboxylic acids is 1. The van der Waals surface area contributed by atoms with Crippen molar-refractivity contribution in [3.63, 3.8) is 0 Å². The summed E-state index contributed by atoms with van der Waals surface area (Å²) in [5, 5.41) is 0. The van der Waals surface area contributed by atoms with E-state index in [4.69, 9.17) is 4.74 Å². The molecule has 36 heavy (non-hydrogen) atoms. The van der Waals surface area contributed by atoms with E-state index in [2.05, 4.69) is 60.1 Å². The first kappa shape index (κ1) is 24.7. The lowest BCUT2D eigenvalue weighted by molar-refractivity contribution is 0.0948. The van der Waals surface area contributed by atoms with Gasteiger partial charge in [0.1, 0.15) is 5.75 Å². The largest absolute Gasteiger partial charge is 0.493 e. The maximum atomic E-state index is 13.0. The van der Waals surface area contributed by atoms with Gasteiger partial charge in [-0.3, -0.25) is 14.7 Å². The number of nitrogens with zero attached hydrogens (tertiary/aromatic N) is 2. The van der Waals surface area contributed by atoms with E-state index in [-0.39, 0.29) is 5.78 Å². The lowest BCUT2D eigenvalue weighted by atomic mass is 9.87. The summed E-state index contributed by atoms with van der Waals surface area (Å²) in [6, 6.07) is 15.7. The fourth-order valence-corrected chi connectivity index (χ4v) is 6.48. The standard InChI is InChI=1S/C32H38N2O2/c1-5-36-31-13-11-26(23(4)32(31)24-8-6-21(2)7-9-24)20-34-15-14-28-25(10-12-29(28)34)17-30(35)27-16-22(3)18-33-19-27/h6-9,11,13,16,18-19,25,28-29H,5,10,12,14-15,17,20H2,1-4H3. The lowest BCUT2D eigenvalue weighted by Crippen LogP contribution is -2.30. The van der Waals surface area contributed by atoms with Gasteiger partial charge in [0.2, 0.25) is 0 Å². The third-order valence-electron chi connectivity index (χ3n) is 8.35. The van der Waals surface area contributed by atoms with Gasteiger partial charge < -0.3 is 4.74 Å². The van der Waals surface area contributed by atoms with E-state index in [0.717, 1.165) is 36.4 Å². The Morgan fingerprint density at radius 2 is 1.81 bits per heavy atom. The number of aromatic nitrogens is 1. The van der Waals surface area contributed by atoms with E-state index in [1.807, 2.05) is 26.1 Å². The quantitative estimate of drug-likeness (QED) is 0.326. The predicted octanol–water partition coefficient (Wildman–Crippen LogP) is 6.95. The highest BCUT2D eigenvalue weighted by Gasteiger charge is 2.44. The summed E-state index contributed by atoms with van der Waals surface area (Å²) < 4.78 is 6.04. The van der Waals surface area contributed by atoms with Crippen LogP contribution in [-0.4, -0.2) is 34.9 Å². The summed E-state index contributed by atoms with van der Waals surface area (Å²) in [4.78, 5) is 19.9. The van der Waals surface area contributed by atoms with E-state index in [0.29, 0.717) is 30.9 Å². The van der Waals surface area contributed by atoms with Gasteiger partial charge in [0.05, 0.1) is 6.61 Å². The molecule has 0 spiro atoms. The second-order valence-corrected chi connectivity index (χ2v) is 10.7. The molecule has 1 aliphatic heterocycles. The van der Waals surface area contributed by atoms with Gasteiger partial charge in [-0.05, 0) is 99.7 Å². The van der Waals surface area contributed by atoms with Crippen LogP contribution in [-0.2, 0) is 6.54 Å². The van der Waals surface area contributed by atoms with Crippen LogP contribution in [0.1, 0.15) is 65.2 Å². The van der Waals surface area contributed by atoms with E-state index < -0.39 is 0 Å². The zero-order valence-corrected chi connectivity index (χ0v) is 22.1. The minimum absolute atomic E-state index is 0.250. The summed E-state index contributed by atoms with van der Waals surface area (Å²) in [6.45, 7) is 11.1. The van der Waals surface area contributed by atoms with Crippen LogP contribution in [0.15, 0.2) is 54.9 Å². The molecule has 0 N–H and O–H groups in total. The monoisotopic (exact) mass is 482 g/mol. The number of hydrogen-bond acceptors (Lipinski definition) is 4. The molecule has 3 unspecified atom stereocenters. The molecule has 1 aromatic heterocycles. The molecule has 2 aromatic carbocycles. The topological polar surface area (TPSA) is 42.4 Å². The molecule has 1 saturated heterocycles. The van der Waals surface area contributed by atoms with Crippen LogP contribution in [0.4, 0.5) is 0 Å². The number of rotatable bonds is 8. The summed E-state index contributed by atoms with van der Waals surface area (Å²) in [7, 11) is 0. The average molecular weight is 483 g/mol. The molecule has 3 aromatic rings. The van der Waals surface area contributed by atoms with Crippen LogP contribution < -0.4 is 4.74 Å². The summed E-state index contributed by atoms with van der Waals surface area (Å²) in [5.74, 6) is 2.32. The number of fused-ring (bicyclic) bond motifs is 1. The maximum Gasteiger partial charge on any atom is 0.164 e. The number of Topliss-reactive ketones (excluding diaryl/α,β-unsaturated/α-hetero) is 1. The summed E-state index contributed by atoms with van der Waals surface area (Å²) in [6.07, 6.45) is 7.71. The zero-order chi connectivity index (χ0) is 25.2. The molecule has 0 radical (unpaired) electrons. The van der Waals surface area contributed by atoms with Crippen molar-refractivity contribution in [1.82, 2.24) is 9.88 Å². The molecule has 4 nitrogen and oxygen atoms in total. The molecular formula is C32H38N2O2. The predicted molar refractivity (Wildman–Crippen MR) is 145 cm³/mol. The SMILES string of the molecule is CCOc1ccc(CN2CCC3C(CC(=O)c4cncc(C)c4)CCC32)c(C)c1-c1ccc(C)cc1. The van der Waals surface area contributed by atoms with Crippen molar-refractivity contribution in [2.24, 2.45) is 11.8 Å². The Hall–Kier alpha value is -2.98. The van der Waals surface area contributed by atoms with Gasteiger partial charge in [-0.25, -0.2) is 0 Å². The maximum absolute atomic E-state index is 13.0. The van der Waals surface area contributed by atoms with E-state index >= 15 is 0 Å². The Kier molecular flexibility index (Phi) is 7.25. The van der Waals surface area contributed by atoms with Gasteiger partial charge in [0.15, 0.2) is 5.78 Å². The highest BCUT2D eigenvalue weighted by Crippen LogP contribution is 2.45. The van der Waals surface area contributed by atoms with Crippen LogP contribution >= 0.6 is 0 Å². The molecule has 1 saturated carbocycles. The van der Waals surface area contributed by atoms with Gasteiger partial charge in [-0.2, -0.15) is 0 Å². The van der Waals surface area contributed by atoms with Crippen molar-refractivity contribution in [2.45, 2.75) is 66.0 Å². The molecule has 2 heterocycles. The fourth-order valence-electron chi connectivity index (χ4n) is 6.48. The second-order valence-electron chi connectivity index (χ2n) is 10.7. The molecule has 0 bridgehead atoms. The molecule has 1 aliphatic carbocycles. The Morgan fingerprint density at radius 1 is 1.00 bits per heavy atom. The van der Waals surface area contributed by atoms with E-state index in [9.17, 15) is 4.79 Å². The van der Waals surface area contributed by atoms with E-state index in [1.165, 1.54) is 40.7 Å². The lowest BCUT2D eigenvalue weighted by Gasteiger charge is -2.26. The summed E-state index contributed by atoms with van der Waals surface area (Å²) >= 11 is 0. The number of hydrogen-bond donors (Lipinski definition) is 0. The van der Waals surface area contributed by atoms with Crippen molar-refractivity contribution in [3.8, 4) is 16.9 Å². The third-order valence-corrected chi connectivity index (χ3v) is 8.35. The molecule has 3 atom stereocenters. The van der Waals surface area contributed by atoms with E-state index in [1.54, 1.807) is 6.20 Å². The first-order valence-electron chi connectivity index (χ1n) is 13.5. The Balaban J connectivity index is 1.32. The molecule has 2 fully saturated rings. The van der Waals surface area contributed by atoms with Gasteiger partial charge >= 0.3 is 0 Å². The van der Waals surface area contributed by atoms with Crippen LogP contribution in [0.3, 0.4) is 0 Å². The fraction of sp³-hybridized carbons (Fsp3) is 0.438. The highest BCUT2D eigenvalue weighted by molar-refractivity contribution is 5.96. The second kappa shape index (κ2) is 10.6. The number of ether oxygens (including phenoxy) is 1. The minimum atomic E-state index is 0.250. The molecular weight excluding hydrogens is 444 g/mol. The molecule has 4 heteroatoms. The molecule has 2 aliphatic rings. The average Bonchev–Trinajstić information content (AvgIpc) is 3.45. The normalized spacial score (nSPS) is 21.5. The highest BCUT2D eigenvalue weighted by atomic mass is 16.5. The number of carbonyl (C=O) groups is 1. The number of pyridine rings is 1. The van der Waals surface area contributed by atoms with Crippen molar-refractivity contribution < 1.29 is 9.53 Å². The smallest absolute Gasteiger partial charge is 0.164 e. The van der Waals surface area contributed by atoms with Crippen LogP contribution in [0.2, 0.25) is 0 Å². The van der Waals surface area contributed by atoms with Crippen LogP contribution in [0.5, 0.6) is 5.75 Å². The van der Waals surface area contributed by atoms with Crippen LogP contribution in [0.25, 0.3) is 11.1 Å². The zero-order valence-electron chi connectivity index (χ0n) is 22.1. The van der Waals surface area contributed by atoms with Crippen molar-refractivity contribution in [1.29, 1.82) is 0 Å². The van der Waals surface area contributed by atoms with Crippen molar-refractivity contribution in [3.05, 3.63) is 82.7 Å². The number of ketones is 1. The van der Waals surface area contributed by atoms with Crippen molar-refractivity contribution >= 4 is 5.78 Å². The van der Waals surface area contributed by atoms with Gasteiger partial charge in [0.25, 0.3) is 0 Å². The minimum Gasteiger partial charge on any atom is -0.493 e. The van der Waals surface area contributed by atoms with Gasteiger partial charge in [-0.15, -0.1) is 0 Å². The molecule has 5 rings (SSSR count). The van der Waals surface area contributed by atoms with Crippen molar-refractivity contribution in [2.75, 3.05) is 13.2 Å². The summed E-state index contributed by atoms with van der Waals surface area (Å²) in [5.41, 5.74) is 8.20. The first-order chi connectivity index (χ1) is 17.4. The number of aryl methyl sites for hydroxylation is 2.